The lowest BCUT2D eigenvalue weighted by molar-refractivity contribution is 0.127. The highest BCUT2D eigenvalue weighted by Gasteiger charge is 2.36. The van der Waals surface area contributed by atoms with E-state index < -0.39 is 0 Å². The van der Waals surface area contributed by atoms with Crippen molar-refractivity contribution in [2.75, 3.05) is 19.7 Å². The number of aliphatic hydroxyl groups excluding tert-OH is 1. The Morgan fingerprint density at radius 2 is 1.82 bits per heavy atom. The van der Waals surface area contributed by atoms with Crippen LogP contribution in [0.4, 0.5) is 0 Å². The second-order valence-corrected chi connectivity index (χ2v) is 4.97. The number of benzene rings is 1. The molecule has 0 aromatic heterocycles. The molecule has 2 rings (SSSR count). The average molecular weight is 233 g/mol. The van der Waals surface area contributed by atoms with Gasteiger partial charge in [-0.05, 0) is 38.3 Å². The van der Waals surface area contributed by atoms with E-state index in [1.807, 2.05) is 18.2 Å². The molecule has 0 unspecified atom stereocenters. The minimum atomic E-state index is -0.387. The fourth-order valence-electron chi connectivity index (χ4n) is 2.66. The molecule has 1 aromatic carbocycles. The monoisotopic (exact) mass is 233 g/mol. The summed E-state index contributed by atoms with van der Waals surface area (Å²) < 4.78 is 0. The molecule has 0 saturated carbocycles. The van der Waals surface area contributed by atoms with Crippen molar-refractivity contribution in [3.63, 3.8) is 0 Å². The number of piperidine rings is 1. The summed E-state index contributed by atoms with van der Waals surface area (Å²) in [5.41, 5.74) is 1.10. The molecule has 0 amide bonds. The van der Waals surface area contributed by atoms with Crippen molar-refractivity contribution in [3.05, 3.63) is 35.9 Å². The highest BCUT2D eigenvalue weighted by atomic mass is 16.3. The van der Waals surface area contributed by atoms with Crippen molar-refractivity contribution >= 4 is 7.05 Å². The van der Waals surface area contributed by atoms with E-state index in [9.17, 15) is 10.1 Å². The van der Waals surface area contributed by atoms with Crippen molar-refractivity contribution in [3.8, 4) is 0 Å². The molecule has 1 saturated heterocycles. The molecule has 0 radical (unpaired) electrons. The highest BCUT2D eigenvalue weighted by molar-refractivity contribution is 6.45. The topological polar surface area (TPSA) is 43.7 Å². The Kier molecular flexibility index (Phi) is 3.87. The number of aliphatic hydroxyl groups is 1. The predicted molar refractivity (Wildman–Crippen MR) is 69.8 cm³/mol. The summed E-state index contributed by atoms with van der Waals surface area (Å²) >= 11 is 0. The minimum Gasteiger partial charge on any atom is -0.437 e. The summed E-state index contributed by atoms with van der Waals surface area (Å²) in [6, 6.07) is 10.2. The first kappa shape index (κ1) is 12.6. The fraction of sp³-hybridized carbons (Fsp3) is 0.538. The minimum absolute atomic E-state index is 0.118. The Balaban J connectivity index is 2.14. The van der Waals surface area contributed by atoms with Crippen LogP contribution >= 0.6 is 0 Å². The smallest absolute Gasteiger partial charge is 0.376 e. The summed E-state index contributed by atoms with van der Waals surface area (Å²) in [6.45, 7) is 3.67. The van der Waals surface area contributed by atoms with Gasteiger partial charge in [0.05, 0.1) is 6.61 Å². The van der Waals surface area contributed by atoms with E-state index in [4.69, 9.17) is 0 Å². The normalized spacial score (nSPS) is 20.2. The zero-order valence-corrected chi connectivity index (χ0v) is 10.3. The Hall–Kier alpha value is -0.835. The van der Waals surface area contributed by atoms with Gasteiger partial charge in [0, 0.05) is 5.41 Å². The second kappa shape index (κ2) is 5.21. The van der Waals surface area contributed by atoms with Crippen molar-refractivity contribution in [1.29, 1.82) is 0 Å². The van der Waals surface area contributed by atoms with E-state index in [-0.39, 0.29) is 19.1 Å². The summed E-state index contributed by atoms with van der Waals surface area (Å²) in [7, 11) is -0.387. The van der Waals surface area contributed by atoms with Gasteiger partial charge >= 0.3 is 7.05 Å². The van der Waals surface area contributed by atoms with Crippen LogP contribution in [0.15, 0.2) is 30.3 Å². The van der Waals surface area contributed by atoms with Crippen molar-refractivity contribution in [2.45, 2.75) is 25.1 Å². The molecule has 1 heterocycles. The summed E-state index contributed by atoms with van der Waals surface area (Å²) in [6.07, 6.45) is 1.80. The molecule has 17 heavy (non-hydrogen) atoms. The summed E-state index contributed by atoms with van der Waals surface area (Å²) in [5, 5.41) is 19.3. The standard InChI is InChI=1S/C13H20BNO2/c1-14(17)15-9-7-13(11-16,8-10-15)12-5-3-2-4-6-12/h2-6,16-17H,7-11H2,1H3. The third-order valence-corrected chi connectivity index (χ3v) is 3.97. The quantitative estimate of drug-likeness (QED) is 0.769. The molecular weight excluding hydrogens is 213 g/mol. The molecule has 0 spiro atoms. The van der Waals surface area contributed by atoms with E-state index in [0.29, 0.717) is 0 Å². The van der Waals surface area contributed by atoms with Gasteiger partial charge < -0.3 is 14.9 Å². The molecule has 1 fully saturated rings. The van der Waals surface area contributed by atoms with Crippen LogP contribution in [0.2, 0.25) is 6.82 Å². The van der Waals surface area contributed by atoms with Crippen molar-refractivity contribution < 1.29 is 10.1 Å². The number of hydrogen-bond donors (Lipinski definition) is 2. The molecule has 1 aromatic rings. The summed E-state index contributed by atoms with van der Waals surface area (Å²) in [5.74, 6) is 0. The zero-order valence-electron chi connectivity index (χ0n) is 10.3. The van der Waals surface area contributed by atoms with Gasteiger partial charge in [0.2, 0.25) is 0 Å². The van der Waals surface area contributed by atoms with Crippen LogP contribution in [0.1, 0.15) is 18.4 Å². The van der Waals surface area contributed by atoms with Gasteiger partial charge in [-0.1, -0.05) is 30.3 Å². The van der Waals surface area contributed by atoms with E-state index in [2.05, 4.69) is 16.9 Å². The first-order valence-corrected chi connectivity index (χ1v) is 6.26. The van der Waals surface area contributed by atoms with Gasteiger partial charge in [-0.15, -0.1) is 0 Å². The average Bonchev–Trinajstić information content (AvgIpc) is 2.40. The third-order valence-electron chi connectivity index (χ3n) is 3.97. The van der Waals surface area contributed by atoms with E-state index >= 15 is 0 Å². The molecule has 3 nitrogen and oxygen atoms in total. The van der Waals surface area contributed by atoms with Crippen LogP contribution in [0.25, 0.3) is 0 Å². The number of hydrogen-bond acceptors (Lipinski definition) is 3. The Morgan fingerprint density at radius 3 is 2.29 bits per heavy atom. The molecule has 4 heteroatoms. The highest BCUT2D eigenvalue weighted by Crippen LogP contribution is 2.35. The maximum atomic E-state index is 9.74. The Bertz CT molecular complexity index is 348. The van der Waals surface area contributed by atoms with Crippen LogP contribution in [0.3, 0.4) is 0 Å². The maximum absolute atomic E-state index is 9.74. The first-order chi connectivity index (χ1) is 8.18. The van der Waals surface area contributed by atoms with E-state index in [1.54, 1.807) is 6.82 Å². The van der Waals surface area contributed by atoms with Gasteiger partial charge in [0.15, 0.2) is 0 Å². The van der Waals surface area contributed by atoms with Crippen molar-refractivity contribution in [2.24, 2.45) is 0 Å². The van der Waals surface area contributed by atoms with E-state index in [1.165, 1.54) is 5.56 Å². The molecule has 1 aliphatic rings. The molecule has 0 atom stereocenters. The van der Waals surface area contributed by atoms with Crippen LogP contribution in [-0.2, 0) is 5.41 Å². The Labute approximate surface area is 103 Å². The maximum Gasteiger partial charge on any atom is 0.376 e. The van der Waals surface area contributed by atoms with Gasteiger partial charge in [-0.2, -0.15) is 0 Å². The molecular formula is C13H20BNO2. The molecule has 92 valence electrons. The van der Waals surface area contributed by atoms with Gasteiger partial charge in [0.1, 0.15) is 0 Å². The lowest BCUT2D eigenvalue weighted by Crippen LogP contribution is -2.49. The largest absolute Gasteiger partial charge is 0.437 e. The van der Waals surface area contributed by atoms with Gasteiger partial charge in [-0.3, -0.25) is 0 Å². The lowest BCUT2D eigenvalue weighted by Gasteiger charge is -2.41. The van der Waals surface area contributed by atoms with Crippen LogP contribution in [0, 0.1) is 0 Å². The van der Waals surface area contributed by atoms with Gasteiger partial charge in [0.25, 0.3) is 0 Å². The molecule has 2 N–H and O–H groups in total. The number of nitrogens with zero attached hydrogens (tertiary/aromatic N) is 1. The molecule has 0 aliphatic carbocycles. The third kappa shape index (κ3) is 2.54. The SMILES string of the molecule is CB(O)N1CCC(CO)(c2ccccc2)CC1. The molecule has 0 bridgehead atoms. The zero-order chi connectivity index (χ0) is 12.3. The predicted octanol–water partition coefficient (Wildman–Crippen LogP) is 1.12. The lowest BCUT2D eigenvalue weighted by atomic mass is 9.70. The summed E-state index contributed by atoms with van der Waals surface area (Å²) in [4.78, 5) is 2.05. The molecule has 1 aliphatic heterocycles. The van der Waals surface area contributed by atoms with Crippen LogP contribution in [0.5, 0.6) is 0 Å². The fourth-order valence-corrected chi connectivity index (χ4v) is 2.66. The van der Waals surface area contributed by atoms with Gasteiger partial charge in [-0.25, -0.2) is 0 Å². The Morgan fingerprint density at radius 1 is 1.24 bits per heavy atom. The van der Waals surface area contributed by atoms with Crippen molar-refractivity contribution in [1.82, 2.24) is 4.81 Å². The van der Waals surface area contributed by atoms with E-state index in [0.717, 1.165) is 25.9 Å². The first-order valence-electron chi connectivity index (χ1n) is 6.26. The second-order valence-electron chi connectivity index (χ2n) is 4.97. The number of rotatable bonds is 3. The van der Waals surface area contributed by atoms with Crippen LogP contribution in [-0.4, -0.2) is 41.7 Å². The van der Waals surface area contributed by atoms with Crippen LogP contribution < -0.4 is 0 Å².